The van der Waals surface area contributed by atoms with E-state index in [-0.39, 0.29) is 5.54 Å². The summed E-state index contributed by atoms with van der Waals surface area (Å²) in [6.45, 7) is 3.13. The first-order valence-electron chi connectivity index (χ1n) is 7.59. The minimum absolute atomic E-state index is 0.265. The average Bonchev–Trinajstić information content (AvgIpc) is 2.79. The number of fused-ring (bicyclic) bond motifs is 1. The van der Waals surface area contributed by atoms with Crippen molar-refractivity contribution in [1.29, 1.82) is 0 Å². The highest BCUT2D eigenvalue weighted by atomic mass is 35.5. The lowest BCUT2D eigenvalue weighted by molar-refractivity contribution is 0.278. The highest BCUT2D eigenvalue weighted by molar-refractivity contribution is 6.31. The number of aryl methyl sites for hydroxylation is 1. The van der Waals surface area contributed by atoms with Crippen molar-refractivity contribution >= 4 is 22.6 Å². The molecule has 0 aliphatic heterocycles. The molecule has 1 fully saturated rings. The summed E-state index contributed by atoms with van der Waals surface area (Å²) in [5.41, 5.74) is 8.56. The van der Waals surface area contributed by atoms with Gasteiger partial charge in [0.1, 0.15) is 5.82 Å². The van der Waals surface area contributed by atoms with Crippen molar-refractivity contribution in [2.45, 2.75) is 57.5 Å². The molecule has 0 saturated heterocycles. The number of hydrogen-bond acceptors (Lipinski definition) is 2. The molecule has 1 aliphatic carbocycles. The molecule has 2 aromatic rings. The number of nitrogens with zero attached hydrogens (tertiary/aromatic N) is 2. The number of halogens is 1. The van der Waals surface area contributed by atoms with Crippen molar-refractivity contribution in [1.82, 2.24) is 9.55 Å². The van der Waals surface area contributed by atoms with Crippen molar-refractivity contribution in [3.63, 3.8) is 0 Å². The Kier molecular flexibility index (Phi) is 3.74. The number of rotatable bonds is 3. The minimum atomic E-state index is -0.265. The zero-order valence-electron chi connectivity index (χ0n) is 12.0. The van der Waals surface area contributed by atoms with Gasteiger partial charge in [-0.05, 0) is 37.5 Å². The SMILES string of the molecule is CCCn1c(C2(N)CCCCC2)nc2ccc(Cl)cc21. The molecule has 1 heterocycles. The van der Waals surface area contributed by atoms with Gasteiger partial charge in [-0.3, -0.25) is 0 Å². The minimum Gasteiger partial charge on any atom is -0.326 e. The fraction of sp³-hybridized carbons (Fsp3) is 0.562. The smallest absolute Gasteiger partial charge is 0.130 e. The number of hydrogen-bond donors (Lipinski definition) is 1. The van der Waals surface area contributed by atoms with E-state index in [4.69, 9.17) is 22.3 Å². The van der Waals surface area contributed by atoms with Crippen LogP contribution in [-0.4, -0.2) is 9.55 Å². The Morgan fingerprint density at radius 1 is 1.30 bits per heavy atom. The molecule has 1 aromatic heterocycles. The van der Waals surface area contributed by atoms with Gasteiger partial charge in [-0.2, -0.15) is 0 Å². The summed E-state index contributed by atoms with van der Waals surface area (Å²) in [7, 11) is 0. The summed E-state index contributed by atoms with van der Waals surface area (Å²) < 4.78 is 2.28. The molecule has 20 heavy (non-hydrogen) atoms. The molecule has 0 bridgehead atoms. The fourth-order valence-corrected chi connectivity index (χ4v) is 3.50. The van der Waals surface area contributed by atoms with E-state index >= 15 is 0 Å². The number of nitrogens with two attached hydrogens (primary N) is 1. The quantitative estimate of drug-likeness (QED) is 0.920. The van der Waals surface area contributed by atoms with Gasteiger partial charge in [-0.25, -0.2) is 4.98 Å². The molecule has 3 nitrogen and oxygen atoms in total. The maximum atomic E-state index is 6.70. The van der Waals surface area contributed by atoms with Crippen LogP contribution in [0.2, 0.25) is 5.02 Å². The Hall–Kier alpha value is -1.06. The summed E-state index contributed by atoms with van der Waals surface area (Å²) >= 11 is 6.15. The molecular formula is C16H22ClN3. The van der Waals surface area contributed by atoms with E-state index in [9.17, 15) is 0 Å². The molecule has 1 aliphatic rings. The van der Waals surface area contributed by atoms with Gasteiger partial charge in [-0.15, -0.1) is 0 Å². The van der Waals surface area contributed by atoms with Crippen molar-refractivity contribution < 1.29 is 0 Å². The molecule has 0 atom stereocenters. The predicted octanol–water partition coefficient (Wildman–Crippen LogP) is 4.22. The second kappa shape index (κ2) is 5.38. The Morgan fingerprint density at radius 2 is 2.05 bits per heavy atom. The molecule has 1 aromatic carbocycles. The lowest BCUT2D eigenvalue weighted by atomic mass is 9.82. The van der Waals surface area contributed by atoms with Crippen LogP contribution in [0, 0.1) is 0 Å². The molecule has 1 saturated carbocycles. The molecule has 0 spiro atoms. The summed E-state index contributed by atoms with van der Waals surface area (Å²) in [6, 6.07) is 5.91. The van der Waals surface area contributed by atoms with E-state index in [1.807, 2.05) is 18.2 Å². The molecule has 2 N–H and O–H groups in total. The topological polar surface area (TPSA) is 43.8 Å². The predicted molar refractivity (Wildman–Crippen MR) is 84.0 cm³/mol. The Morgan fingerprint density at radius 3 is 2.75 bits per heavy atom. The second-order valence-corrected chi connectivity index (χ2v) is 6.37. The van der Waals surface area contributed by atoms with Gasteiger partial charge in [0.25, 0.3) is 0 Å². The van der Waals surface area contributed by atoms with E-state index in [0.29, 0.717) is 0 Å². The zero-order chi connectivity index (χ0) is 14.2. The number of aromatic nitrogens is 2. The first-order chi connectivity index (χ1) is 9.64. The first-order valence-corrected chi connectivity index (χ1v) is 7.97. The van der Waals surface area contributed by atoms with Gasteiger partial charge in [0.05, 0.1) is 16.6 Å². The normalized spacial score (nSPS) is 18.6. The van der Waals surface area contributed by atoms with Crippen LogP contribution < -0.4 is 5.73 Å². The Bertz CT molecular complexity index is 611. The standard InChI is InChI=1S/C16H22ClN3/c1-2-10-20-14-11-12(17)6-7-13(14)19-15(20)16(18)8-4-3-5-9-16/h6-7,11H,2-5,8-10,18H2,1H3. The lowest BCUT2D eigenvalue weighted by Crippen LogP contribution is -2.41. The third kappa shape index (κ3) is 2.33. The summed E-state index contributed by atoms with van der Waals surface area (Å²) in [5.74, 6) is 1.05. The Balaban J connectivity index is 2.15. The zero-order valence-corrected chi connectivity index (χ0v) is 12.8. The van der Waals surface area contributed by atoms with Crippen LogP contribution in [0.15, 0.2) is 18.2 Å². The van der Waals surface area contributed by atoms with Crippen molar-refractivity contribution in [3.05, 3.63) is 29.0 Å². The van der Waals surface area contributed by atoms with E-state index < -0.39 is 0 Å². The highest BCUT2D eigenvalue weighted by Gasteiger charge is 2.34. The summed E-state index contributed by atoms with van der Waals surface area (Å²) in [6.07, 6.45) is 6.83. The highest BCUT2D eigenvalue weighted by Crippen LogP contribution is 2.36. The second-order valence-electron chi connectivity index (χ2n) is 5.94. The van der Waals surface area contributed by atoms with Gasteiger partial charge >= 0.3 is 0 Å². The average molecular weight is 292 g/mol. The molecule has 108 valence electrons. The number of imidazole rings is 1. The van der Waals surface area contributed by atoms with Gasteiger partial charge in [0.2, 0.25) is 0 Å². The van der Waals surface area contributed by atoms with Crippen LogP contribution >= 0.6 is 11.6 Å². The van der Waals surface area contributed by atoms with Crippen LogP contribution in [0.25, 0.3) is 11.0 Å². The lowest BCUT2D eigenvalue weighted by Gasteiger charge is -2.33. The van der Waals surface area contributed by atoms with Gasteiger partial charge < -0.3 is 10.3 Å². The van der Waals surface area contributed by atoms with Crippen LogP contribution in [0.3, 0.4) is 0 Å². The van der Waals surface area contributed by atoms with Crippen LogP contribution in [0.4, 0.5) is 0 Å². The van der Waals surface area contributed by atoms with Crippen LogP contribution in [0.1, 0.15) is 51.3 Å². The van der Waals surface area contributed by atoms with Gasteiger partial charge in [-0.1, -0.05) is 37.8 Å². The molecule has 0 radical (unpaired) electrons. The third-order valence-electron chi connectivity index (χ3n) is 4.35. The monoisotopic (exact) mass is 291 g/mol. The van der Waals surface area contributed by atoms with Gasteiger partial charge in [0, 0.05) is 11.6 Å². The third-order valence-corrected chi connectivity index (χ3v) is 4.58. The summed E-state index contributed by atoms with van der Waals surface area (Å²) in [5, 5.41) is 0.760. The van der Waals surface area contributed by atoms with E-state index in [2.05, 4.69) is 11.5 Å². The molecule has 4 heteroatoms. The van der Waals surface area contributed by atoms with E-state index in [1.54, 1.807) is 0 Å². The Labute approximate surface area is 125 Å². The van der Waals surface area contributed by atoms with Crippen LogP contribution in [-0.2, 0) is 12.1 Å². The van der Waals surface area contributed by atoms with Crippen molar-refractivity contribution in [3.8, 4) is 0 Å². The molecular weight excluding hydrogens is 270 g/mol. The first kappa shape index (κ1) is 13.9. The molecule has 0 amide bonds. The van der Waals surface area contributed by atoms with Crippen molar-refractivity contribution in [2.75, 3.05) is 0 Å². The van der Waals surface area contributed by atoms with E-state index in [0.717, 1.165) is 47.7 Å². The number of benzene rings is 1. The fourth-order valence-electron chi connectivity index (χ4n) is 3.33. The maximum Gasteiger partial charge on any atom is 0.130 e. The molecule has 3 rings (SSSR count). The largest absolute Gasteiger partial charge is 0.326 e. The van der Waals surface area contributed by atoms with Crippen molar-refractivity contribution in [2.24, 2.45) is 5.73 Å². The maximum absolute atomic E-state index is 6.70. The van der Waals surface area contributed by atoms with E-state index in [1.165, 1.54) is 19.3 Å². The van der Waals surface area contributed by atoms with Crippen LogP contribution in [0.5, 0.6) is 0 Å². The summed E-state index contributed by atoms with van der Waals surface area (Å²) in [4.78, 5) is 4.85. The van der Waals surface area contributed by atoms with Gasteiger partial charge in [0.15, 0.2) is 0 Å². The molecule has 0 unspecified atom stereocenters.